The van der Waals surface area contributed by atoms with Gasteiger partial charge in [0.05, 0.1) is 12.7 Å². The van der Waals surface area contributed by atoms with Crippen LogP contribution in [0.15, 0.2) is 30.3 Å². The Morgan fingerprint density at radius 1 is 1.20 bits per heavy atom. The fourth-order valence-electron chi connectivity index (χ4n) is 2.10. The smallest absolute Gasteiger partial charge is 0.165 e. The van der Waals surface area contributed by atoms with Gasteiger partial charge in [-0.1, -0.05) is 26.0 Å². The molecule has 1 aromatic heterocycles. The first-order valence-electron chi connectivity index (χ1n) is 6.83. The van der Waals surface area contributed by atoms with Crippen LogP contribution in [-0.2, 0) is 6.42 Å². The van der Waals surface area contributed by atoms with Gasteiger partial charge < -0.3 is 10.1 Å². The zero-order valence-corrected chi connectivity index (χ0v) is 12.5. The van der Waals surface area contributed by atoms with Gasteiger partial charge in [-0.25, -0.2) is 9.97 Å². The molecule has 0 fully saturated rings. The Labute approximate surface area is 120 Å². The van der Waals surface area contributed by atoms with E-state index < -0.39 is 0 Å². The van der Waals surface area contributed by atoms with E-state index >= 15 is 0 Å². The third-order valence-electron chi connectivity index (χ3n) is 3.00. The van der Waals surface area contributed by atoms with Gasteiger partial charge in [0.1, 0.15) is 11.6 Å². The number of methoxy groups -OCH3 is 1. The third kappa shape index (κ3) is 3.26. The lowest BCUT2D eigenvalue weighted by molar-refractivity contribution is 0.416. The summed E-state index contributed by atoms with van der Waals surface area (Å²) in [5, 5.41) is 3.10. The molecule has 0 bridgehead atoms. The largest absolute Gasteiger partial charge is 0.496 e. The van der Waals surface area contributed by atoms with E-state index in [1.54, 1.807) is 7.11 Å². The molecule has 0 saturated heterocycles. The minimum absolute atomic E-state index is 0.556. The summed E-state index contributed by atoms with van der Waals surface area (Å²) in [4.78, 5) is 9.21. The van der Waals surface area contributed by atoms with E-state index in [1.807, 2.05) is 37.4 Å². The maximum absolute atomic E-state index is 5.39. The monoisotopic (exact) mass is 271 g/mol. The molecule has 0 aliphatic heterocycles. The van der Waals surface area contributed by atoms with Crippen LogP contribution in [0.1, 0.15) is 19.5 Å². The summed E-state index contributed by atoms with van der Waals surface area (Å²) in [5.41, 5.74) is 1.96. The SMILES string of the molecule is CNc1cc(CC(C)C)nc(-c2ccccc2OC)n1. The highest BCUT2D eigenvalue weighted by molar-refractivity contribution is 5.65. The van der Waals surface area contributed by atoms with Crippen LogP contribution in [-0.4, -0.2) is 24.1 Å². The molecule has 1 heterocycles. The maximum Gasteiger partial charge on any atom is 0.165 e. The van der Waals surface area contributed by atoms with Crippen LogP contribution >= 0.6 is 0 Å². The Kier molecular flexibility index (Phi) is 4.56. The van der Waals surface area contributed by atoms with Gasteiger partial charge in [-0.15, -0.1) is 0 Å². The standard InChI is InChI=1S/C16H21N3O/c1-11(2)9-12-10-15(17-3)19-16(18-12)13-7-5-6-8-14(13)20-4/h5-8,10-11H,9H2,1-4H3,(H,17,18,19). The minimum Gasteiger partial charge on any atom is -0.496 e. The summed E-state index contributed by atoms with van der Waals surface area (Å²) < 4.78 is 5.39. The molecule has 0 atom stereocenters. The molecular weight excluding hydrogens is 250 g/mol. The van der Waals surface area contributed by atoms with Crippen LogP contribution in [0.5, 0.6) is 5.75 Å². The number of nitrogens with one attached hydrogen (secondary N) is 1. The maximum atomic E-state index is 5.39. The molecule has 1 aromatic carbocycles. The summed E-state index contributed by atoms with van der Waals surface area (Å²) in [6, 6.07) is 9.81. The number of hydrogen-bond donors (Lipinski definition) is 1. The molecule has 4 heteroatoms. The molecule has 2 rings (SSSR count). The Bertz CT molecular complexity index is 582. The molecule has 0 unspecified atom stereocenters. The molecule has 1 N–H and O–H groups in total. The van der Waals surface area contributed by atoms with E-state index in [2.05, 4.69) is 29.1 Å². The Hall–Kier alpha value is -2.10. The van der Waals surface area contributed by atoms with E-state index in [4.69, 9.17) is 4.74 Å². The topological polar surface area (TPSA) is 47.0 Å². The summed E-state index contributed by atoms with van der Waals surface area (Å²) in [6.07, 6.45) is 0.930. The van der Waals surface area contributed by atoms with Crippen LogP contribution in [0.4, 0.5) is 5.82 Å². The first kappa shape index (κ1) is 14.3. The lowest BCUT2D eigenvalue weighted by Crippen LogP contribution is -2.04. The quantitative estimate of drug-likeness (QED) is 0.905. The first-order chi connectivity index (χ1) is 9.63. The highest BCUT2D eigenvalue weighted by Crippen LogP contribution is 2.28. The van der Waals surface area contributed by atoms with Crippen molar-refractivity contribution < 1.29 is 4.74 Å². The van der Waals surface area contributed by atoms with E-state index in [1.165, 1.54) is 0 Å². The number of nitrogens with zero attached hydrogens (tertiary/aromatic N) is 2. The average Bonchev–Trinajstić information content (AvgIpc) is 2.46. The summed E-state index contributed by atoms with van der Waals surface area (Å²) in [7, 11) is 3.53. The highest BCUT2D eigenvalue weighted by Gasteiger charge is 2.11. The summed E-state index contributed by atoms with van der Waals surface area (Å²) >= 11 is 0. The van der Waals surface area contributed by atoms with Gasteiger partial charge in [0.15, 0.2) is 5.82 Å². The van der Waals surface area contributed by atoms with Crippen molar-refractivity contribution >= 4 is 5.82 Å². The predicted octanol–water partition coefficient (Wildman–Crippen LogP) is 3.39. The number of ether oxygens (including phenoxy) is 1. The van der Waals surface area contributed by atoms with Crippen molar-refractivity contribution in [3.05, 3.63) is 36.0 Å². The van der Waals surface area contributed by atoms with Gasteiger partial charge in [0, 0.05) is 18.8 Å². The van der Waals surface area contributed by atoms with Gasteiger partial charge in [-0.2, -0.15) is 0 Å². The third-order valence-corrected chi connectivity index (χ3v) is 3.00. The van der Waals surface area contributed by atoms with E-state index in [9.17, 15) is 0 Å². The van der Waals surface area contributed by atoms with Crippen LogP contribution in [0, 0.1) is 5.92 Å². The van der Waals surface area contributed by atoms with Crippen LogP contribution in [0.3, 0.4) is 0 Å². The highest BCUT2D eigenvalue weighted by atomic mass is 16.5. The molecule has 2 aromatic rings. The average molecular weight is 271 g/mol. The first-order valence-corrected chi connectivity index (χ1v) is 6.83. The van der Waals surface area contributed by atoms with Crippen molar-refractivity contribution in [1.29, 1.82) is 0 Å². The lowest BCUT2D eigenvalue weighted by Gasteiger charge is -2.11. The van der Waals surface area contributed by atoms with Crippen molar-refractivity contribution in [3.8, 4) is 17.1 Å². The number of rotatable bonds is 5. The minimum atomic E-state index is 0.556. The molecular formula is C16H21N3O. The fraction of sp³-hybridized carbons (Fsp3) is 0.375. The Morgan fingerprint density at radius 3 is 2.60 bits per heavy atom. The van der Waals surface area contributed by atoms with Crippen molar-refractivity contribution in [1.82, 2.24) is 9.97 Å². The van der Waals surface area contributed by atoms with E-state index in [0.717, 1.165) is 29.2 Å². The summed E-state index contributed by atoms with van der Waals surface area (Å²) in [5.74, 6) is 2.87. The van der Waals surface area contributed by atoms with Gasteiger partial charge in [0.2, 0.25) is 0 Å². The fourth-order valence-corrected chi connectivity index (χ4v) is 2.10. The van der Waals surface area contributed by atoms with Crippen molar-refractivity contribution in [2.45, 2.75) is 20.3 Å². The molecule has 106 valence electrons. The van der Waals surface area contributed by atoms with Crippen LogP contribution < -0.4 is 10.1 Å². The Morgan fingerprint density at radius 2 is 1.95 bits per heavy atom. The molecule has 4 nitrogen and oxygen atoms in total. The molecule has 0 spiro atoms. The molecule has 0 amide bonds. The summed E-state index contributed by atoms with van der Waals surface area (Å²) in [6.45, 7) is 4.37. The number of hydrogen-bond acceptors (Lipinski definition) is 4. The zero-order valence-electron chi connectivity index (χ0n) is 12.5. The zero-order chi connectivity index (χ0) is 14.5. The molecule has 0 aliphatic carbocycles. The Balaban J connectivity index is 2.49. The van der Waals surface area contributed by atoms with Gasteiger partial charge in [-0.3, -0.25) is 0 Å². The van der Waals surface area contributed by atoms with Gasteiger partial charge in [0.25, 0.3) is 0 Å². The van der Waals surface area contributed by atoms with E-state index in [-0.39, 0.29) is 0 Å². The molecule has 0 radical (unpaired) electrons. The van der Waals surface area contributed by atoms with Crippen molar-refractivity contribution in [3.63, 3.8) is 0 Å². The van der Waals surface area contributed by atoms with E-state index in [0.29, 0.717) is 11.7 Å². The number of anilines is 1. The number of para-hydroxylation sites is 1. The second-order valence-corrected chi connectivity index (χ2v) is 5.12. The molecule has 20 heavy (non-hydrogen) atoms. The van der Waals surface area contributed by atoms with Crippen molar-refractivity contribution in [2.75, 3.05) is 19.5 Å². The molecule has 0 saturated carbocycles. The number of benzene rings is 1. The lowest BCUT2D eigenvalue weighted by atomic mass is 10.1. The van der Waals surface area contributed by atoms with Gasteiger partial charge in [-0.05, 0) is 24.5 Å². The second-order valence-electron chi connectivity index (χ2n) is 5.12. The number of aromatic nitrogens is 2. The molecule has 0 aliphatic rings. The normalized spacial score (nSPS) is 10.7. The second kappa shape index (κ2) is 6.37. The van der Waals surface area contributed by atoms with Gasteiger partial charge >= 0.3 is 0 Å². The van der Waals surface area contributed by atoms with Crippen LogP contribution in [0.2, 0.25) is 0 Å². The predicted molar refractivity (Wildman–Crippen MR) is 82.1 cm³/mol. The van der Waals surface area contributed by atoms with Crippen molar-refractivity contribution in [2.24, 2.45) is 5.92 Å². The van der Waals surface area contributed by atoms with Crippen LogP contribution in [0.25, 0.3) is 11.4 Å².